The second-order valence-electron chi connectivity index (χ2n) is 4.37. The van der Waals surface area contributed by atoms with Crippen LogP contribution in [0, 0.1) is 5.92 Å². The van der Waals surface area contributed by atoms with E-state index in [1.54, 1.807) is 4.90 Å². The first kappa shape index (κ1) is 12.3. The van der Waals surface area contributed by atoms with Gasteiger partial charge in [-0.2, -0.15) is 0 Å². The maximum atomic E-state index is 12.1. The molecule has 0 aromatic carbocycles. The predicted molar refractivity (Wildman–Crippen MR) is 61.4 cm³/mol. The molecule has 2 heterocycles. The number of rotatable bonds is 3. The maximum Gasteiger partial charge on any atom is 0.245 e. The minimum atomic E-state index is -0.461. The van der Waals surface area contributed by atoms with Crippen LogP contribution in [0.2, 0.25) is 0 Å². The molecular weight excluding hydrogens is 222 g/mol. The molecule has 0 aromatic rings. The van der Waals surface area contributed by atoms with E-state index in [4.69, 9.17) is 4.74 Å². The summed E-state index contributed by atoms with van der Waals surface area (Å²) >= 11 is 0. The summed E-state index contributed by atoms with van der Waals surface area (Å²) in [7, 11) is 0. The Morgan fingerprint density at radius 1 is 1.47 bits per heavy atom. The van der Waals surface area contributed by atoms with Crippen LogP contribution in [0.5, 0.6) is 0 Å². The molecular formula is C11H19N3O3. The number of carbonyl (C=O) groups is 2. The van der Waals surface area contributed by atoms with Gasteiger partial charge in [0.05, 0.1) is 19.1 Å². The lowest BCUT2D eigenvalue weighted by Gasteiger charge is -2.39. The third-order valence-corrected chi connectivity index (χ3v) is 3.20. The minimum Gasteiger partial charge on any atom is -0.377 e. The largest absolute Gasteiger partial charge is 0.377 e. The molecule has 0 aliphatic carbocycles. The molecule has 2 fully saturated rings. The number of amides is 2. The molecule has 17 heavy (non-hydrogen) atoms. The van der Waals surface area contributed by atoms with Crippen LogP contribution in [0.3, 0.4) is 0 Å². The molecule has 2 aliphatic heterocycles. The molecule has 0 bridgehead atoms. The van der Waals surface area contributed by atoms with E-state index in [0.717, 1.165) is 13.1 Å². The van der Waals surface area contributed by atoms with Crippen LogP contribution in [0.1, 0.15) is 6.92 Å². The zero-order chi connectivity index (χ0) is 12.3. The van der Waals surface area contributed by atoms with Gasteiger partial charge in [-0.25, -0.2) is 0 Å². The zero-order valence-corrected chi connectivity index (χ0v) is 10.1. The quantitative estimate of drug-likeness (QED) is 0.635. The first-order chi connectivity index (χ1) is 8.24. The maximum absolute atomic E-state index is 12.1. The molecule has 0 aromatic heterocycles. The van der Waals surface area contributed by atoms with Gasteiger partial charge >= 0.3 is 0 Å². The van der Waals surface area contributed by atoms with E-state index in [1.165, 1.54) is 0 Å². The van der Waals surface area contributed by atoms with Crippen molar-refractivity contribution >= 4 is 11.8 Å². The van der Waals surface area contributed by atoms with Crippen molar-refractivity contribution in [3.05, 3.63) is 0 Å². The van der Waals surface area contributed by atoms with Crippen molar-refractivity contribution in [3.63, 3.8) is 0 Å². The van der Waals surface area contributed by atoms with Gasteiger partial charge < -0.3 is 20.3 Å². The number of morpholine rings is 1. The average Bonchev–Trinajstić information content (AvgIpc) is 2.27. The SMILES string of the molecule is CCNC(=O)C1COCCN1C(=O)C1CNC1. The lowest BCUT2D eigenvalue weighted by molar-refractivity contribution is -0.152. The summed E-state index contributed by atoms with van der Waals surface area (Å²) in [4.78, 5) is 25.7. The number of hydrogen-bond donors (Lipinski definition) is 2. The average molecular weight is 241 g/mol. The summed E-state index contributed by atoms with van der Waals surface area (Å²) < 4.78 is 5.29. The van der Waals surface area contributed by atoms with E-state index in [-0.39, 0.29) is 17.7 Å². The molecule has 2 aliphatic rings. The molecule has 96 valence electrons. The van der Waals surface area contributed by atoms with Gasteiger partial charge in [-0.05, 0) is 6.92 Å². The van der Waals surface area contributed by atoms with E-state index in [1.807, 2.05) is 6.92 Å². The highest BCUT2D eigenvalue weighted by molar-refractivity contribution is 5.89. The van der Waals surface area contributed by atoms with Crippen molar-refractivity contribution in [2.45, 2.75) is 13.0 Å². The number of ether oxygens (including phenoxy) is 1. The van der Waals surface area contributed by atoms with Crippen molar-refractivity contribution in [1.82, 2.24) is 15.5 Å². The van der Waals surface area contributed by atoms with Crippen LogP contribution in [0.4, 0.5) is 0 Å². The monoisotopic (exact) mass is 241 g/mol. The third kappa shape index (κ3) is 2.58. The molecule has 2 N–H and O–H groups in total. The van der Waals surface area contributed by atoms with Gasteiger partial charge in [0.15, 0.2) is 0 Å². The van der Waals surface area contributed by atoms with E-state index in [9.17, 15) is 9.59 Å². The first-order valence-corrected chi connectivity index (χ1v) is 6.10. The number of hydrogen-bond acceptors (Lipinski definition) is 4. The zero-order valence-electron chi connectivity index (χ0n) is 10.1. The van der Waals surface area contributed by atoms with E-state index in [0.29, 0.717) is 26.3 Å². The fraction of sp³-hybridized carbons (Fsp3) is 0.818. The number of likely N-dealkylation sites (N-methyl/N-ethyl adjacent to an activating group) is 1. The fourth-order valence-electron chi connectivity index (χ4n) is 2.07. The minimum absolute atomic E-state index is 0.0324. The number of carbonyl (C=O) groups excluding carboxylic acids is 2. The summed E-state index contributed by atoms with van der Waals surface area (Å²) in [5, 5.41) is 5.82. The Bertz CT molecular complexity index is 304. The molecule has 2 rings (SSSR count). The van der Waals surface area contributed by atoms with E-state index >= 15 is 0 Å². The van der Waals surface area contributed by atoms with Crippen molar-refractivity contribution in [2.24, 2.45) is 5.92 Å². The Morgan fingerprint density at radius 3 is 2.82 bits per heavy atom. The Hall–Kier alpha value is -1.14. The van der Waals surface area contributed by atoms with E-state index < -0.39 is 6.04 Å². The summed E-state index contributed by atoms with van der Waals surface area (Å²) in [6.45, 7) is 5.21. The molecule has 6 nitrogen and oxygen atoms in total. The van der Waals surface area contributed by atoms with Crippen molar-refractivity contribution in [1.29, 1.82) is 0 Å². The van der Waals surface area contributed by atoms with Crippen LogP contribution in [-0.4, -0.2) is 62.1 Å². The standard InChI is InChI=1S/C11H19N3O3/c1-2-13-10(15)9-7-17-4-3-14(9)11(16)8-5-12-6-8/h8-9,12H,2-7H2,1H3,(H,13,15). The lowest BCUT2D eigenvalue weighted by Crippen LogP contribution is -2.61. The van der Waals surface area contributed by atoms with Gasteiger partial charge in [-0.15, -0.1) is 0 Å². The van der Waals surface area contributed by atoms with Gasteiger partial charge in [0.25, 0.3) is 0 Å². The van der Waals surface area contributed by atoms with Gasteiger partial charge in [-0.1, -0.05) is 0 Å². The highest BCUT2D eigenvalue weighted by atomic mass is 16.5. The molecule has 0 spiro atoms. The van der Waals surface area contributed by atoms with Crippen molar-refractivity contribution in [2.75, 3.05) is 39.4 Å². The molecule has 2 saturated heterocycles. The van der Waals surface area contributed by atoms with Gasteiger partial charge in [0.1, 0.15) is 6.04 Å². The fourth-order valence-corrected chi connectivity index (χ4v) is 2.07. The summed E-state index contributed by atoms with van der Waals surface area (Å²) in [6.07, 6.45) is 0. The Labute approximate surface area is 101 Å². The Morgan fingerprint density at radius 2 is 2.24 bits per heavy atom. The third-order valence-electron chi connectivity index (χ3n) is 3.20. The number of nitrogens with one attached hydrogen (secondary N) is 2. The normalized spacial score (nSPS) is 25.2. The smallest absolute Gasteiger partial charge is 0.245 e. The molecule has 6 heteroatoms. The molecule has 0 radical (unpaired) electrons. The summed E-state index contributed by atoms with van der Waals surface area (Å²) in [5.41, 5.74) is 0. The Balaban J connectivity index is 2.00. The van der Waals surface area contributed by atoms with Gasteiger partial charge in [0, 0.05) is 26.2 Å². The van der Waals surface area contributed by atoms with Crippen LogP contribution in [-0.2, 0) is 14.3 Å². The summed E-state index contributed by atoms with van der Waals surface area (Å²) in [6, 6.07) is -0.461. The van der Waals surface area contributed by atoms with E-state index in [2.05, 4.69) is 10.6 Å². The topological polar surface area (TPSA) is 70.7 Å². The Kier molecular flexibility index (Phi) is 3.96. The van der Waals surface area contributed by atoms with Crippen LogP contribution >= 0.6 is 0 Å². The van der Waals surface area contributed by atoms with Crippen LogP contribution in [0.15, 0.2) is 0 Å². The van der Waals surface area contributed by atoms with Gasteiger partial charge in [-0.3, -0.25) is 9.59 Å². The van der Waals surface area contributed by atoms with Crippen LogP contribution in [0.25, 0.3) is 0 Å². The van der Waals surface area contributed by atoms with Crippen molar-refractivity contribution in [3.8, 4) is 0 Å². The number of nitrogens with zero attached hydrogens (tertiary/aromatic N) is 1. The summed E-state index contributed by atoms with van der Waals surface area (Å²) in [5.74, 6) is -0.0128. The molecule has 0 saturated carbocycles. The lowest BCUT2D eigenvalue weighted by atomic mass is 10.00. The molecule has 1 atom stereocenters. The first-order valence-electron chi connectivity index (χ1n) is 6.10. The highest BCUT2D eigenvalue weighted by Gasteiger charge is 2.37. The molecule has 2 amide bonds. The van der Waals surface area contributed by atoms with Gasteiger partial charge in [0.2, 0.25) is 11.8 Å². The molecule has 1 unspecified atom stereocenters. The highest BCUT2D eigenvalue weighted by Crippen LogP contribution is 2.14. The second kappa shape index (κ2) is 5.46. The second-order valence-corrected chi connectivity index (χ2v) is 4.37. The predicted octanol–water partition coefficient (Wildman–Crippen LogP) is -1.43. The van der Waals surface area contributed by atoms with Crippen LogP contribution < -0.4 is 10.6 Å². The van der Waals surface area contributed by atoms with Crippen molar-refractivity contribution < 1.29 is 14.3 Å².